The van der Waals surface area contributed by atoms with Gasteiger partial charge in [0.15, 0.2) is 11.5 Å². The minimum absolute atomic E-state index is 0.00318. The molecule has 0 radical (unpaired) electrons. The zero-order chi connectivity index (χ0) is 22.2. The van der Waals surface area contributed by atoms with Crippen LogP contribution in [0.15, 0.2) is 61.2 Å². The first-order chi connectivity index (χ1) is 14.7. The predicted octanol–water partition coefficient (Wildman–Crippen LogP) is 5.87. The molecule has 4 aromatic rings. The Labute approximate surface area is 176 Å². The number of anilines is 3. The van der Waals surface area contributed by atoms with Crippen LogP contribution in [-0.4, -0.2) is 26.0 Å². The molecule has 0 saturated heterocycles. The number of halogens is 6. The van der Waals surface area contributed by atoms with E-state index in [1.807, 2.05) is 0 Å². The summed E-state index contributed by atoms with van der Waals surface area (Å²) >= 11 is 6.02. The van der Waals surface area contributed by atoms with Gasteiger partial charge in [-0.25, -0.2) is 15.0 Å². The van der Waals surface area contributed by atoms with Gasteiger partial charge in [-0.2, -0.15) is 22.0 Å². The van der Waals surface area contributed by atoms with E-state index in [0.717, 1.165) is 0 Å². The highest BCUT2D eigenvalue weighted by Crippen LogP contribution is 2.43. The quantitative estimate of drug-likeness (QED) is 0.352. The Bertz CT molecular complexity index is 1200. The molecule has 1 aromatic carbocycles. The number of rotatable bonds is 5. The first-order valence-corrected chi connectivity index (χ1v) is 8.97. The van der Waals surface area contributed by atoms with Gasteiger partial charge in [-0.05, 0) is 42.5 Å². The van der Waals surface area contributed by atoms with Crippen molar-refractivity contribution in [2.45, 2.75) is 12.8 Å². The number of ether oxygens (including phenoxy) is 1. The molecule has 160 valence electrons. The maximum absolute atomic E-state index is 13.9. The summed E-state index contributed by atoms with van der Waals surface area (Å²) in [5, 5.41) is 0.184. The van der Waals surface area contributed by atoms with Crippen LogP contribution in [0.1, 0.15) is 5.69 Å². The highest BCUT2D eigenvalue weighted by molar-refractivity contribution is 6.30. The van der Waals surface area contributed by atoms with Gasteiger partial charge in [0, 0.05) is 18.1 Å². The fraction of sp³-hybridized carbons (Fsp3) is 0.105. The minimum Gasteiger partial charge on any atom is -0.435 e. The lowest BCUT2D eigenvalue weighted by molar-refractivity contribution is -0.140. The maximum atomic E-state index is 13.9. The van der Waals surface area contributed by atoms with Crippen LogP contribution >= 0.6 is 11.6 Å². The fourth-order valence-electron chi connectivity index (χ4n) is 2.97. The minimum atomic E-state index is -4.81. The molecule has 0 aliphatic carbocycles. The molecule has 0 bridgehead atoms. The van der Waals surface area contributed by atoms with Gasteiger partial charge in [0.05, 0.1) is 5.02 Å². The van der Waals surface area contributed by atoms with Crippen molar-refractivity contribution in [3.63, 3.8) is 0 Å². The van der Waals surface area contributed by atoms with E-state index in [4.69, 9.17) is 11.6 Å². The number of alkyl halides is 5. The molecular weight excluding hydrogens is 445 g/mol. The molecule has 0 saturated carbocycles. The number of hydrogen-bond acceptors (Lipinski definition) is 5. The van der Waals surface area contributed by atoms with Crippen molar-refractivity contribution in [3.05, 3.63) is 71.9 Å². The fourth-order valence-corrected chi connectivity index (χ4v) is 3.13. The number of pyridine rings is 1. The Morgan fingerprint density at radius 1 is 1.03 bits per heavy atom. The predicted molar refractivity (Wildman–Crippen MR) is 102 cm³/mol. The second-order valence-corrected chi connectivity index (χ2v) is 6.57. The summed E-state index contributed by atoms with van der Waals surface area (Å²) in [7, 11) is 0. The monoisotopic (exact) mass is 455 g/mol. The molecule has 0 N–H and O–H groups in total. The standard InChI is InChI=1S/C19H11ClF5N5O/c20-11-1-6-15-28-16(19(23,24)25)17(29(15)9-11)30(14-7-8-26-10-27-14)12-2-4-13(5-3-12)31-18(21)22/h1-10,18H. The van der Waals surface area contributed by atoms with Crippen LogP contribution in [0.3, 0.4) is 0 Å². The molecule has 0 fully saturated rings. The average molecular weight is 456 g/mol. The summed E-state index contributed by atoms with van der Waals surface area (Å²) in [6.07, 6.45) is -0.998. The van der Waals surface area contributed by atoms with Crippen molar-refractivity contribution < 1.29 is 26.7 Å². The summed E-state index contributed by atoms with van der Waals surface area (Å²) in [5.41, 5.74) is -0.989. The first-order valence-electron chi connectivity index (χ1n) is 8.60. The third-order valence-electron chi connectivity index (χ3n) is 4.15. The number of benzene rings is 1. The van der Waals surface area contributed by atoms with Gasteiger partial charge in [0.2, 0.25) is 0 Å². The molecule has 0 atom stereocenters. The van der Waals surface area contributed by atoms with Crippen molar-refractivity contribution in [3.8, 4) is 5.75 Å². The van der Waals surface area contributed by atoms with E-state index in [2.05, 4.69) is 19.7 Å². The van der Waals surface area contributed by atoms with E-state index in [0.29, 0.717) is 0 Å². The molecule has 6 nitrogen and oxygen atoms in total. The summed E-state index contributed by atoms with van der Waals surface area (Å²) in [5.74, 6) is -0.449. The number of fused-ring (bicyclic) bond motifs is 1. The second-order valence-electron chi connectivity index (χ2n) is 6.13. The van der Waals surface area contributed by atoms with Crippen LogP contribution in [-0.2, 0) is 6.18 Å². The number of nitrogens with zero attached hydrogens (tertiary/aromatic N) is 5. The van der Waals surface area contributed by atoms with E-state index in [9.17, 15) is 22.0 Å². The highest BCUT2D eigenvalue weighted by atomic mass is 35.5. The molecule has 3 heterocycles. The average Bonchev–Trinajstić information content (AvgIpc) is 3.09. The van der Waals surface area contributed by atoms with Crippen molar-refractivity contribution >= 4 is 34.6 Å². The van der Waals surface area contributed by atoms with Crippen molar-refractivity contribution in [2.75, 3.05) is 4.90 Å². The molecule has 31 heavy (non-hydrogen) atoms. The molecule has 4 rings (SSSR count). The maximum Gasteiger partial charge on any atom is 0.437 e. The van der Waals surface area contributed by atoms with Crippen LogP contribution in [0.5, 0.6) is 5.75 Å². The summed E-state index contributed by atoms with van der Waals surface area (Å²) in [6, 6.07) is 9.22. The van der Waals surface area contributed by atoms with Crippen LogP contribution in [0, 0.1) is 0 Å². The van der Waals surface area contributed by atoms with Gasteiger partial charge in [0.1, 0.15) is 23.5 Å². The molecular formula is C19H11ClF5N5O. The van der Waals surface area contributed by atoms with Crippen LogP contribution in [0.4, 0.5) is 39.3 Å². The lowest BCUT2D eigenvalue weighted by Gasteiger charge is -2.25. The van der Waals surface area contributed by atoms with Gasteiger partial charge >= 0.3 is 12.8 Å². The van der Waals surface area contributed by atoms with Crippen LogP contribution < -0.4 is 9.64 Å². The highest BCUT2D eigenvalue weighted by Gasteiger charge is 2.40. The van der Waals surface area contributed by atoms with E-state index >= 15 is 0 Å². The molecule has 0 unspecified atom stereocenters. The lowest BCUT2D eigenvalue weighted by Crippen LogP contribution is -2.19. The third kappa shape index (κ3) is 4.22. The van der Waals surface area contributed by atoms with Gasteiger partial charge < -0.3 is 4.74 Å². The Balaban J connectivity index is 1.97. The topological polar surface area (TPSA) is 55.5 Å². The Kier molecular flexibility index (Phi) is 5.36. The molecule has 0 amide bonds. The van der Waals surface area contributed by atoms with E-state index < -0.39 is 18.5 Å². The number of aromatic nitrogens is 4. The Morgan fingerprint density at radius 3 is 2.39 bits per heavy atom. The zero-order valence-corrected chi connectivity index (χ0v) is 16.0. The first kappa shape index (κ1) is 20.8. The van der Waals surface area contributed by atoms with Gasteiger partial charge in [-0.3, -0.25) is 9.30 Å². The SMILES string of the molecule is FC(F)Oc1ccc(N(c2ccncn2)c2c(C(F)(F)F)nc3ccc(Cl)cn23)cc1. The molecule has 0 aliphatic rings. The van der Waals surface area contributed by atoms with E-state index in [1.165, 1.54) is 70.5 Å². The zero-order valence-electron chi connectivity index (χ0n) is 15.3. The molecule has 3 aromatic heterocycles. The number of hydrogen-bond donors (Lipinski definition) is 0. The van der Waals surface area contributed by atoms with E-state index in [-0.39, 0.29) is 33.7 Å². The molecule has 0 aliphatic heterocycles. The summed E-state index contributed by atoms with van der Waals surface area (Å²) < 4.78 is 72.2. The van der Waals surface area contributed by atoms with Crippen molar-refractivity contribution in [2.24, 2.45) is 0 Å². The van der Waals surface area contributed by atoms with Gasteiger partial charge in [0.25, 0.3) is 0 Å². The molecule has 12 heteroatoms. The number of imidazole rings is 1. The molecule has 0 spiro atoms. The smallest absolute Gasteiger partial charge is 0.435 e. The largest absolute Gasteiger partial charge is 0.437 e. The Morgan fingerprint density at radius 2 is 1.77 bits per heavy atom. The summed E-state index contributed by atoms with van der Waals surface area (Å²) in [6.45, 7) is -3.04. The van der Waals surface area contributed by atoms with Crippen molar-refractivity contribution in [1.82, 2.24) is 19.4 Å². The summed E-state index contributed by atoms with van der Waals surface area (Å²) in [4.78, 5) is 12.7. The third-order valence-corrected chi connectivity index (χ3v) is 4.38. The van der Waals surface area contributed by atoms with Crippen LogP contribution in [0.2, 0.25) is 5.02 Å². The van der Waals surface area contributed by atoms with Crippen molar-refractivity contribution in [1.29, 1.82) is 0 Å². The lowest BCUT2D eigenvalue weighted by atomic mass is 10.2. The second kappa shape index (κ2) is 7.99. The van der Waals surface area contributed by atoms with Crippen LogP contribution in [0.25, 0.3) is 5.65 Å². The Hall–Kier alpha value is -3.47. The van der Waals surface area contributed by atoms with Gasteiger partial charge in [-0.1, -0.05) is 11.6 Å². The van der Waals surface area contributed by atoms with Gasteiger partial charge in [-0.15, -0.1) is 0 Å². The normalized spacial score (nSPS) is 11.8. The van der Waals surface area contributed by atoms with E-state index in [1.54, 1.807) is 0 Å².